The lowest BCUT2D eigenvalue weighted by Crippen LogP contribution is -2.38. The Balaban J connectivity index is 1.75. The van der Waals surface area contributed by atoms with E-state index < -0.39 is 0 Å². The molecule has 1 aliphatic rings. The second-order valence-corrected chi connectivity index (χ2v) is 6.42. The van der Waals surface area contributed by atoms with Crippen LogP contribution in [0.5, 0.6) is 0 Å². The fourth-order valence-corrected chi connectivity index (χ4v) is 3.19. The summed E-state index contributed by atoms with van der Waals surface area (Å²) in [4.78, 5) is 12.0. The van der Waals surface area contributed by atoms with Crippen LogP contribution in [0.4, 0.5) is 5.69 Å². The molecule has 0 heterocycles. The van der Waals surface area contributed by atoms with Crippen LogP contribution in [0.15, 0.2) is 24.3 Å². The number of nitrogens with one attached hydrogen (secondary N) is 2. The standard InChI is InChI=1S/C17H25ClN2O/c1-13(14-7-4-2-3-5-8-14)19-12-17(21)20-16-10-6-9-15(18)11-16/h6,9-11,13-14,19H,2-5,7-8,12H2,1H3,(H,20,21)/t13-/m1/s1. The molecule has 1 atom stereocenters. The van der Waals surface area contributed by atoms with E-state index in [2.05, 4.69) is 17.6 Å². The first-order valence-electron chi connectivity index (χ1n) is 7.94. The summed E-state index contributed by atoms with van der Waals surface area (Å²) in [6, 6.07) is 7.63. The molecule has 2 N–H and O–H groups in total. The predicted molar refractivity (Wildman–Crippen MR) is 88.7 cm³/mol. The van der Waals surface area contributed by atoms with Crippen LogP contribution in [-0.2, 0) is 4.79 Å². The van der Waals surface area contributed by atoms with Gasteiger partial charge in [-0.1, -0.05) is 43.4 Å². The number of carbonyl (C=O) groups is 1. The van der Waals surface area contributed by atoms with Gasteiger partial charge in [-0.05, 0) is 43.9 Å². The van der Waals surface area contributed by atoms with Gasteiger partial charge in [-0.25, -0.2) is 0 Å². The fourth-order valence-electron chi connectivity index (χ4n) is 3.00. The maximum atomic E-state index is 12.0. The summed E-state index contributed by atoms with van der Waals surface area (Å²) in [5.41, 5.74) is 0.747. The highest BCUT2D eigenvalue weighted by atomic mass is 35.5. The van der Waals surface area contributed by atoms with E-state index in [0.29, 0.717) is 23.5 Å². The Morgan fingerprint density at radius 1 is 1.29 bits per heavy atom. The number of halogens is 1. The van der Waals surface area contributed by atoms with E-state index >= 15 is 0 Å². The van der Waals surface area contributed by atoms with E-state index in [1.165, 1.54) is 38.5 Å². The summed E-state index contributed by atoms with van der Waals surface area (Å²) < 4.78 is 0. The quantitative estimate of drug-likeness (QED) is 0.799. The van der Waals surface area contributed by atoms with Crippen molar-refractivity contribution in [3.05, 3.63) is 29.3 Å². The van der Waals surface area contributed by atoms with Crippen LogP contribution in [0.1, 0.15) is 45.4 Å². The third-order valence-corrected chi connectivity index (χ3v) is 4.54. The molecule has 21 heavy (non-hydrogen) atoms. The normalized spacial score (nSPS) is 18.0. The van der Waals surface area contributed by atoms with Gasteiger partial charge in [0.05, 0.1) is 6.54 Å². The van der Waals surface area contributed by atoms with Gasteiger partial charge in [0.15, 0.2) is 0 Å². The number of amides is 1. The molecular weight excluding hydrogens is 284 g/mol. The summed E-state index contributed by atoms with van der Waals surface area (Å²) in [6.45, 7) is 2.55. The predicted octanol–water partition coefficient (Wildman–Crippen LogP) is 4.23. The molecule has 1 saturated carbocycles. The summed E-state index contributed by atoms with van der Waals surface area (Å²) in [6.07, 6.45) is 7.93. The molecule has 4 heteroatoms. The average molecular weight is 309 g/mol. The van der Waals surface area contributed by atoms with Crippen molar-refractivity contribution in [2.75, 3.05) is 11.9 Å². The Hall–Kier alpha value is -1.06. The molecule has 0 aliphatic heterocycles. The first kappa shape index (κ1) is 16.3. The molecule has 0 saturated heterocycles. The highest BCUT2D eigenvalue weighted by molar-refractivity contribution is 6.30. The SMILES string of the molecule is C[C@@H](NCC(=O)Nc1cccc(Cl)c1)C1CCCCCC1. The van der Waals surface area contributed by atoms with Crippen molar-refractivity contribution < 1.29 is 4.79 Å². The lowest BCUT2D eigenvalue weighted by atomic mass is 9.93. The van der Waals surface area contributed by atoms with Crippen LogP contribution >= 0.6 is 11.6 Å². The van der Waals surface area contributed by atoms with Gasteiger partial charge in [-0.3, -0.25) is 4.79 Å². The van der Waals surface area contributed by atoms with Crippen molar-refractivity contribution >= 4 is 23.2 Å². The van der Waals surface area contributed by atoms with Gasteiger partial charge < -0.3 is 10.6 Å². The lowest BCUT2D eigenvalue weighted by molar-refractivity contribution is -0.115. The van der Waals surface area contributed by atoms with E-state index in [4.69, 9.17) is 11.6 Å². The minimum atomic E-state index is -0.0160. The van der Waals surface area contributed by atoms with Gasteiger partial charge in [0, 0.05) is 16.8 Å². The van der Waals surface area contributed by atoms with E-state index in [9.17, 15) is 4.79 Å². The summed E-state index contributed by atoms with van der Waals surface area (Å²) in [7, 11) is 0. The molecule has 0 bridgehead atoms. The largest absolute Gasteiger partial charge is 0.325 e. The fraction of sp³-hybridized carbons (Fsp3) is 0.588. The van der Waals surface area contributed by atoms with Gasteiger partial charge in [0.1, 0.15) is 0 Å². The molecule has 0 radical (unpaired) electrons. The smallest absolute Gasteiger partial charge is 0.238 e. The molecule has 1 aromatic carbocycles. The third kappa shape index (κ3) is 5.68. The van der Waals surface area contributed by atoms with Gasteiger partial charge in [-0.15, -0.1) is 0 Å². The first-order chi connectivity index (χ1) is 10.1. The topological polar surface area (TPSA) is 41.1 Å². The minimum absolute atomic E-state index is 0.0160. The number of carbonyl (C=O) groups excluding carboxylic acids is 1. The van der Waals surface area contributed by atoms with Crippen molar-refractivity contribution in [2.45, 2.75) is 51.5 Å². The van der Waals surface area contributed by atoms with Crippen LogP contribution in [0.25, 0.3) is 0 Å². The van der Waals surface area contributed by atoms with Crippen LogP contribution in [0, 0.1) is 5.92 Å². The van der Waals surface area contributed by atoms with E-state index in [0.717, 1.165) is 5.69 Å². The van der Waals surface area contributed by atoms with Crippen molar-refractivity contribution in [1.29, 1.82) is 0 Å². The van der Waals surface area contributed by atoms with Gasteiger partial charge in [-0.2, -0.15) is 0 Å². The maximum Gasteiger partial charge on any atom is 0.238 e. The molecule has 1 fully saturated rings. The first-order valence-corrected chi connectivity index (χ1v) is 8.32. The van der Waals surface area contributed by atoms with Gasteiger partial charge >= 0.3 is 0 Å². The van der Waals surface area contributed by atoms with Crippen molar-refractivity contribution in [3.8, 4) is 0 Å². The molecule has 0 aromatic heterocycles. The molecule has 1 aliphatic carbocycles. The number of rotatable bonds is 5. The van der Waals surface area contributed by atoms with Gasteiger partial charge in [0.2, 0.25) is 5.91 Å². The minimum Gasteiger partial charge on any atom is -0.325 e. The Bertz CT molecular complexity index is 456. The average Bonchev–Trinajstić information content (AvgIpc) is 2.74. The zero-order valence-corrected chi connectivity index (χ0v) is 13.5. The Morgan fingerprint density at radius 2 is 2.00 bits per heavy atom. The summed E-state index contributed by atoms with van der Waals surface area (Å²) in [5.74, 6) is 0.684. The Kier molecular flexibility index (Phi) is 6.52. The van der Waals surface area contributed by atoms with Crippen LogP contribution in [0.3, 0.4) is 0 Å². The monoisotopic (exact) mass is 308 g/mol. The molecule has 0 unspecified atom stereocenters. The zero-order chi connectivity index (χ0) is 15.1. The maximum absolute atomic E-state index is 12.0. The molecule has 116 valence electrons. The molecular formula is C17H25ClN2O. The second-order valence-electron chi connectivity index (χ2n) is 5.98. The van der Waals surface area contributed by atoms with E-state index in [1.807, 2.05) is 12.1 Å². The van der Waals surface area contributed by atoms with Crippen molar-refractivity contribution in [3.63, 3.8) is 0 Å². The lowest BCUT2D eigenvalue weighted by Gasteiger charge is -2.23. The Morgan fingerprint density at radius 3 is 2.67 bits per heavy atom. The Labute approximate surface area is 132 Å². The van der Waals surface area contributed by atoms with Crippen LogP contribution in [0.2, 0.25) is 5.02 Å². The highest BCUT2D eigenvalue weighted by Crippen LogP contribution is 2.25. The van der Waals surface area contributed by atoms with Gasteiger partial charge in [0.25, 0.3) is 0 Å². The van der Waals surface area contributed by atoms with E-state index in [-0.39, 0.29) is 5.91 Å². The number of benzene rings is 1. The molecule has 2 rings (SSSR count). The van der Waals surface area contributed by atoms with Crippen molar-refractivity contribution in [2.24, 2.45) is 5.92 Å². The van der Waals surface area contributed by atoms with E-state index in [1.54, 1.807) is 12.1 Å². The van der Waals surface area contributed by atoms with Crippen LogP contribution < -0.4 is 10.6 Å². The summed E-state index contributed by atoms with van der Waals surface area (Å²) in [5, 5.41) is 6.87. The highest BCUT2D eigenvalue weighted by Gasteiger charge is 2.19. The third-order valence-electron chi connectivity index (χ3n) is 4.30. The zero-order valence-electron chi connectivity index (χ0n) is 12.7. The van der Waals surface area contributed by atoms with Crippen LogP contribution in [-0.4, -0.2) is 18.5 Å². The van der Waals surface area contributed by atoms with Crippen molar-refractivity contribution in [1.82, 2.24) is 5.32 Å². The number of hydrogen-bond donors (Lipinski definition) is 2. The number of anilines is 1. The second kappa shape index (κ2) is 8.40. The molecule has 1 aromatic rings. The molecule has 3 nitrogen and oxygen atoms in total. The molecule has 1 amide bonds. The molecule has 0 spiro atoms. The number of hydrogen-bond acceptors (Lipinski definition) is 2. The summed E-state index contributed by atoms with van der Waals surface area (Å²) >= 11 is 5.91.